The summed E-state index contributed by atoms with van der Waals surface area (Å²) in [5, 5.41) is 3.04. The lowest BCUT2D eigenvalue weighted by atomic mass is 9.96. The van der Waals surface area contributed by atoms with Gasteiger partial charge in [-0.25, -0.2) is 0 Å². The predicted molar refractivity (Wildman–Crippen MR) is 91.8 cm³/mol. The highest BCUT2D eigenvalue weighted by Gasteiger charge is 2.32. The molecule has 3 aliphatic rings. The molecule has 2 heterocycles. The second-order valence-electron chi connectivity index (χ2n) is 7.11. The molecule has 4 rings (SSSR count). The Morgan fingerprint density at radius 3 is 2.84 bits per heavy atom. The summed E-state index contributed by atoms with van der Waals surface area (Å²) in [5.41, 5.74) is 0.524. The van der Waals surface area contributed by atoms with E-state index in [1.54, 1.807) is 11.0 Å². The van der Waals surface area contributed by atoms with Crippen LogP contribution < -0.4 is 14.8 Å². The van der Waals surface area contributed by atoms with Crippen LogP contribution in [0.3, 0.4) is 0 Å². The Hall–Kier alpha value is -2.24. The standard InChI is InChI=1S/C19H24N2O4/c22-18(20-11-13-6-7-13)14-3-2-8-21(12-14)19(23)15-4-1-5-16-17(15)25-10-9-24-16/h1,4-5,13-14H,2-3,6-12H2,(H,20,22). The third kappa shape index (κ3) is 3.57. The highest BCUT2D eigenvalue weighted by atomic mass is 16.6. The number of ether oxygens (including phenoxy) is 2. The van der Waals surface area contributed by atoms with Gasteiger partial charge in [0.15, 0.2) is 11.5 Å². The number of carbonyl (C=O) groups excluding carboxylic acids is 2. The van der Waals surface area contributed by atoms with E-state index in [2.05, 4.69) is 5.32 Å². The van der Waals surface area contributed by atoms with Gasteiger partial charge in [-0.3, -0.25) is 9.59 Å². The quantitative estimate of drug-likeness (QED) is 0.905. The smallest absolute Gasteiger partial charge is 0.257 e. The third-order valence-corrected chi connectivity index (χ3v) is 5.14. The van der Waals surface area contributed by atoms with Crippen molar-refractivity contribution in [2.45, 2.75) is 25.7 Å². The number of para-hydroxylation sites is 1. The van der Waals surface area contributed by atoms with Crippen LogP contribution >= 0.6 is 0 Å². The number of hydrogen-bond acceptors (Lipinski definition) is 4. The zero-order valence-electron chi connectivity index (χ0n) is 14.3. The first-order valence-electron chi connectivity index (χ1n) is 9.18. The van der Waals surface area contributed by atoms with Crippen LogP contribution in [-0.4, -0.2) is 49.6 Å². The van der Waals surface area contributed by atoms with E-state index >= 15 is 0 Å². The maximum Gasteiger partial charge on any atom is 0.257 e. The zero-order valence-corrected chi connectivity index (χ0v) is 14.3. The van der Waals surface area contributed by atoms with Crippen molar-refractivity contribution in [2.24, 2.45) is 11.8 Å². The number of rotatable bonds is 4. The number of likely N-dealkylation sites (tertiary alicyclic amines) is 1. The molecule has 6 heteroatoms. The van der Waals surface area contributed by atoms with Crippen LogP contribution in [0.2, 0.25) is 0 Å². The lowest BCUT2D eigenvalue weighted by Crippen LogP contribution is -2.45. The van der Waals surface area contributed by atoms with E-state index in [-0.39, 0.29) is 17.7 Å². The molecule has 1 atom stereocenters. The predicted octanol–water partition coefficient (Wildman–Crippen LogP) is 1.84. The number of benzene rings is 1. The average molecular weight is 344 g/mol. The van der Waals surface area contributed by atoms with Gasteiger partial charge >= 0.3 is 0 Å². The molecule has 1 saturated carbocycles. The summed E-state index contributed by atoms with van der Waals surface area (Å²) in [5.74, 6) is 1.69. The van der Waals surface area contributed by atoms with Crippen LogP contribution in [0.15, 0.2) is 18.2 Å². The van der Waals surface area contributed by atoms with E-state index in [1.807, 2.05) is 12.1 Å². The molecule has 2 amide bonds. The lowest BCUT2D eigenvalue weighted by Gasteiger charge is -2.33. The molecule has 134 valence electrons. The van der Waals surface area contributed by atoms with Crippen LogP contribution in [0.4, 0.5) is 0 Å². The minimum Gasteiger partial charge on any atom is -0.486 e. The fourth-order valence-corrected chi connectivity index (χ4v) is 3.50. The van der Waals surface area contributed by atoms with Gasteiger partial charge in [-0.2, -0.15) is 0 Å². The summed E-state index contributed by atoms with van der Waals surface area (Å²) >= 11 is 0. The molecule has 2 fully saturated rings. The first-order chi connectivity index (χ1) is 12.2. The summed E-state index contributed by atoms with van der Waals surface area (Å²) in [4.78, 5) is 27.1. The van der Waals surface area contributed by atoms with Gasteiger partial charge in [0.1, 0.15) is 13.2 Å². The number of hydrogen-bond donors (Lipinski definition) is 1. The summed E-state index contributed by atoms with van der Waals surface area (Å²) < 4.78 is 11.2. The summed E-state index contributed by atoms with van der Waals surface area (Å²) in [6.45, 7) is 2.87. The molecule has 2 aliphatic heterocycles. The van der Waals surface area contributed by atoms with E-state index in [4.69, 9.17) is 9.47 Å². The molecular formula is C19H24N2O4. The largest absolute Gasteiger partial charge is 0.486 e. The molecule has 25 heavy (non-hydrogen) atoms. The van der Waals surface area contributed by atoms with Crippen molar-refractivity contribution in [3.63, 3.8) is 0 Å². The first kappa shape index (κ1) is 16.2. The maximum absolute atomic E-state index is 13.0. The Morgan fingerprint density at radius 1 is 1.16 bits per heavy atom. The van der Waals surface area contributed by atoms with Crippen molar-refractivity contribution in [2.75, 3.05) is 32.8 Å². The van der Waals surface area contributed by atoms with Gasteiger partial charge in [0.25, 0.3) is 5.91 Å². The van der Waals surface area contributed by atoms with Crippen molar-refractivity contribution >= 4 is 11.8 Å². The number of fused-ring (bicyclic) bond motifs is 1. The molecule has 0 aromatic heterocycles. The summed E-state index contributed by atoms with van der Waals surface area (Å²) in [7, 11) is 0. The van der Waals surface area contributed by atoms with Gasteiger partial charge in [-0.1, -0.05) is 6.07 Å². The fraction of sp³-hybridized carbons (Fsp3) is 0.579. The van der Waals surface area contributed by atoms with Crippen LogP contribution in [0.5, 0.6) is 11.5 Å². The van der Waals surface area contributed by atoms with Gasteiger partial charge in [-0.15, -0.1) is 0 Å². The number of nitrogens with one attached hydrogen (secondary N) is 1. The van der Waals surface area contributed by atoms with E-state index in [1.165, 1.54) is 12.8 Å². The zero-order chi connectivity index (χ0) is 17.2. The van der Waals surface area contributed by atoms with Crippen LogP contribution in [0.1, 0.15) is 36.0 Å². The monoisotopic (exact) mass is 344 g/mol. The SMILES string of the molecule is O=C(NCC1CC1)C1CCCN(C(=O)c2cccc3c2OCCO3)C1. The maximum atomic E-state index is 13.0. The second kappa shape index (κ2) is 6.94. The Balaban J connectivity index is 1.44. The number of amides is 2. The lowest BCUT2D eigenvalue weighted by molar-refractivity contribution is -0.126. The van der Waals surface area contributed by atoms with Crippen molar-refractivity contribution in [1.82, 2.24) is 10.2 Å². The molecule has 0 bridgehead atoms. The van der Waals surface area contributed by atoms with Crippen LogP contribution in [0, 0.1) is 11.8 Å². The van der Waals surface area contributed by atoms with Gasteiger partial charge in [0, 0.05) is 19.6 Å². The molecule has 1 N–H and O–H groups in total. The van der Waals surface area contributed by atoms with E-state index in [9.17, 15) is 9.59 Å². The highest BCUT2D eigenvalue weighted by Crippen LogP contribution is 2.35. The number of piperidine rings is 1. The first-order valence-corrected chi connectivity index (χ1v) is 9.18. The third-order valence-electron chi connectivity index (χ3n) is 5.14. The highest BCUT2D eigenvalue weighted by molar-refractivity contribution is 5.98. The Morgan fingerprint density at radius 2 is 2.00 bits per heavy atom. The molecule has 1 saturated heterocycles. The summed E-state index contributed by atoms with van der Waals surface area (Å²) in [6, 6.07) is 5.40. The molecule has 1 aliphatic carbocycles. The molecule has 0 radical (unpaired) electrons. The van der Waals surface area contributed by atoms with Crippen LogP contribution in [0.25, 0.3) is 0 Å². The van der Waals surface area contributed by atoms with E-state index < -0.39 is 0 Å². The van der Waals surface area contributed by atoms with Crippen molar-refractivity contribution in [3.8, 4) is 11.5 Å². The molecule has 1 unspecified atom stereocenters. The Kier molecular flexibility index (Phi) is 4.51. The molecule has 6 nitrogen and oxygen atoms in total. The van der Waals surface area contributed by atoms with Gasteiger partial charge < -0.3 is 19.7 Å². The van der Waals surface area contributed by atoms with Crippen molar-refractivity contribution < 1.29 is 19.1 Å². The van der Waals surface area contributed by atoms with E-state index in [0.29, 0.717) is 49.3 Å². The van der Waals surface area contributed by atoms with Crippen molar-refractivity contribution in [3.05, 3.63) is 23.8 Å². The van der Waals surface area contributed by atoms with Gasteiger partial charge in [0.2, 0.25) is 5.91 Å². The minimum absolute atomic E-state index is 0.0814. The Labute approximate surface area is 147 Å². The number of carbonyl (C=O) groups is 2. The topological polar surface area (TPSA) is 67.9 Å². The number of nitrogens with zero attached hydrogens (tertiary/aromatic N) is 1. The van der Waals surface area contributed by atoms with E-state index in [0.717, 1.165) is 19.4 Å². The van der Waals surface area contributed by atoms with Gasteiger partial charge in [0.05, 0.1) is 11.5 Å². The molecular weight excluding hydrogens is 320 g/mol. The minimum atomic E-state index is -0.117. The van der Waals surface area contributed by atoms with Gasteiger partial charge in [-0.05, 0) is 43.7 Å². The Bertz CT molecular complexity index is 671. The fourth-order valence-electron chi connectivity index (χ4n) is 3.50. The normalized spacial score (nSPS) is 22.4. The summed E-state index contributed by atoms with van der Waals surface area (Å²) in [6.07, 6.45) is 4.12. The molecule has 1 aromatic rings. The average Bonchev–Trinajstić information content (AvgIpc) is 3.49. The van der Waals surface area contributed by atoms with Crippen molar-refractivity contribution in [1.29, 1.82) is 0 Å². The van der Waals surface area contributed by atoms with Crippen LogP contribution in [-0.2, 0) is 4.79 Å². The second-order valence-corrected chi connectivity index (χ2v) is 7.11. The molecule has 0 spiro atoms. The molecule has 1 aromatic carbocycles.